The minimum absolute atomic E-state index is 0.300. The first kappa shape index (κ1) is 13.7. The molecular formula is C14H11FN6O. The molecule has 0 unspecified atom stereocenters. The van der Waals surface area contributed by atoms with Crippen molar-refractivity contribution in [2.24, 2.45) is 0 Å². The number of hydrogen-bond acceptors (Lipinski definition) is 4. The maximum atomic E-state index is 13.1. The number of benzene rings is 1. The van der Waals surface area contributed by atoms with Gasteiger partial charge >= 0.3 is 6.03 Å². The van der Waals surface area contributed by atoms with Gasteiger partial charge in [-0.1, -0.05) is 6.07 Å². The molecule has 0 radical (unpaired) electrons. The predicted octanol–water partition coefficient (Wildman–Crippen LogP) is 2.45. The molecule has 0 saturated carbocycles. The van der Waals surface area contributed by atoms with E-state index in [0.29, 0.717) is 17.3 Å². The number of carbonyl (C=O) groups excluding carboxylic acids is 1. The largest absolute Gasteiger partial charge is 0.324 e. The molecule has 22 heavy (non-hydrogen) atoms. The molecule has 2 aromatic heterocycles. The van der Waals surface area contributed by atoms with E-state index >= 15 is 0 Å². The highest BCUT2D eigenvalue weighted by Crippen LogP contribution is 2.11. The first-order valence-electron chi connectivity index (χ1n) is 6.36. The van der Waals surface area contributed by atoms with E-state index in [1.54, 1.807) is 30.6 Å². The lowest BCUT2D eigenvalue weighted by Crippen LogP contribution is -2.20. The Morgan fingerprint density at radius 2 is 2.05 bits per heavy atom. The zero-order valence-corrected chi connectivity index (χ0v) is 11.3. The Balaban J connectivity index is 1.70. The van der Waals surface area contributed by atoms with Crippen molar-refractivity contribution >= 4 is 17.5 Å². The number of nitrogens with zero attached hydrogens (tertiary/aromatic N) is 4. The Labute approximate surface area is 124 Å². The van der Waals surface area contributed by atoms with E-state index in [-0.39, 0.29) is 0 Å². The SMILES string of the molecule is O=C(Nc1cccc(F)c1)Nc1cc(-n2cccn2)ncn1. The summed E-state index contributed by atoms with van der Waals surface area (Å²) in [4.78, 5) is 19.9. The third-order valence-electron chi connectivity index (χ3n) is 2.72. The number of anilines is 2. The van der Waals surface area contributed by atoms with Crippen LogP contribution in [-0.2, 0) is 0 Å². The van der Waals surface area contributed by atoms with Gasteiger partial charge in [-0.3, -0.25) is 5.32 Å². The van der Waals surface area contributed by atoms with Crippen LogP contribution >= 0.6 is 0 Å². The first-order chi connectivity index (χ1) is 10.7. The van der Waals surface area contributed by atoms with Gasteiger partial charge in [-0.05, 0) is 24.3 Å². The van der Waals surface area contributed by atoms with Crippen molar-refractivity contribution in [2.75, 3.05) is 10.6 Å². The van der Waals surface area contributed by atoms with Crippen molar-refractivity contribution in [3.8, 4) is 5.82 Å². The summed E-state index contributed by atoms with van der Waals surface area (Å²) in [7, 11) is 0. The molecule has 2 heterocycles. The van der Waals surface area contributed by atoms with Crippen LogP contribution in [0.1, 0.15) is 0 Å². The van der Waals surface area contributed by atoms with Crippen LogP contribution in [0.15, 0.2) is 55.1 Å². The normalized spacial score (nSPS) is 10.2. The fraction of sp³-hybridized carbons (Fsp3) is 0. The van der Waals surface area contributed by atoms with Crippen LogP contribution < -0.4 is 10.6 Å². The lowest BCUT2D eigenvalue weighted by molar-refractivity contribution is 0.262. The Kier molecular flexibility index (Phi) is 3.73. The highest BCUT2D eigenvalue weighted by molar-refractivity contribution is 5.99. The summed E-state index contributed by atoms with van der Waals surface area (Å²) in [5.74, 6) is 0.385. The monoisotopic (exact) mass is 298 g/mol. The summed E-state index contributed by atoms with van der Waals surface area (Å²) in [6, 6.07) is 8.39. The quantitative estimate of drug-likeness (QED) is 0.777. The van der Waals surface area contributed by atoms with E-state index in [4.69, 9.17) is 0 Å². The van der Waals surface area contributed by atoms with Gasteiger partial charge in [0.05, 0.1) is 0 Å². The van der Waals surface area contributed by atoms with E-state index in [0.717, 1.165) is 0 Å². The molecule has 8 heteroatoms. The minimum Gasteiger partial charge on any atom is -0.308 e. The van der Waals surface area contributed by atoms with Crippen LogP contribution in [0.25, 0.3) is 5.82 Å². The number of halogens is 1. The van der Waals surface area contributed by atoms with Gasteiger partial charge in [0.15, 0.2) is 5.82 Å². The van der Waals surface area contributed by atoms with Gasteiger partial charge in [-0.25, -0.2) is 23.8 Å². The molecule has 0 fully saturated rings. The molecule has 0 aliphatic carbocycles. The van der Waals surface area contributed by atoms with E-state index in [2.05, 4.69) is 25.7 Å². The molecular weight excluding hydrogens is 287 g/mol. The fourth-order valence-corrected chi connectivity index (χ4v) is 1.79. The topological polar surface area (TPSA) is 84.7 Å². The summed E-state index contributed by atoms with van der Waals surface area (Å²) >= 11 is 0. The van der Waals surface area contributed by atoms with Crippen molar-refractivity contribution in [2.45, 2.75) is 0 Å². The van der Waals surface area contributed by atoms with Crippen molar-refractivity contribution in [1.82, 2.24) is 19.7 Å². The fourth-order valence-electron chi connectivity index (χ4n) is 1.79. The van der Waals surface area contributed by atoms with Gasteiger partial charge in [-0.15, -0.1) is 0 Å². The number of carbonyl (C=O) groups is 1. The molecule has 2 amide bonds. The Hall–Kier alpha value is -3.29. The molecule has 0 bridgehead atoms. The summed E-state index contributed by atoms with van der Waals surface area (Å²) < 4.78 is 14.6. The van der Waals surface area contributed by atoms with Crippen molar-refractivity contribution < 1.29 is 9.18 Å². The van der Waals surface area contributed by atoms with Crippen molar-refractivity contribution in [3.63, 3.8) is 0 Å². The summed E-state index contributed by atoms with van der Waals surface area (Å²) in [5.41, 5.74) is 0.346. The Bertz CT molecular complexity index is 790. The molecule has 1 aromatic carbocycles. The van der Waals surface area contributed by atoms with Gasteiger partial charge < -0.3 is 5.32 Å². The second kappa shape index (κ2) is 6.00. The minimum atomic E-state index is -0.532. The zero-order chi connectivity index (χ0) is 15.4. The van der Waals surface area contributed by atoms with Crippen LogP contribution in [0, 0.1) is 5.82 Å². The van der Waals surface area contributed by atoms with Crippen LogP contribution in [0.4, 0.5) is 20.7 Å². The van der Waals surface area contributed by atoms with E-state index in [1.807, 2.05) is 0 Å². The summed E-state index contributed by atoms with van der Waals surface area (Å²) in [5, 5.41) is 9.10. The van der Waals surface area contributed by atoms with E-state index in [9.17, 15) is 9.18 Å². The molecule has 7 nitrogen and oxygen atoms in total. The summed E-state index contributed by atoms with van der Waals surface area (Å²) in [6.45, 7) is 0. The smallest absolute Gasteiger partial charge is 0.308 e. The molecule has 0 aliphatic heterocycles. The Morgan fingerprint density at radius 1 is 1.14 bits per heavy atom. The maximum Gasteiger partial charge on any atom is 0.324 e. The zero-order valence-electron chi connectivity index (χ0n) is 11.3. The van der Waals surface area contributed by atoms with Gasteiger partial charge in [0, 0.05) is 24.1 Å². The molecule has 3 aromatic rings. The lowest BCUT2D eigenvalue weighted by atomic mass is 10.3. The van der Waals surface area contributed by atoms with E-state index < -0.39 is 11.8 Å². The van der Waals surface area contributed by atoms with Gasteiger partial charge in [0.2, 0.25) is 0 Å². The third kappa shape index (κ3) is 3.23. The van der Waals surface area contributed by atoms with Crippen LogP contribution in [0.3, 0.4) is 0 Å². The molecule has 0 atom stereocenters. The highest BCUT2D eigenvalue weighted by atomic mass is 19.1. The van der Waals surface area contributed by atoms with Gasteiger partial charge in [0.1, 0.15) is 18.0 Å². The third-order valence-corrected chi connectivity index (χ3v) is 2.72. The standard InChI is InChI=1S/C14H11FN6O/c15-10-3-1-4-11(7-10)19-14(22)20-12-8-13(17-9-16-12)21-6-2-5-18-21/h1-9H,(H2,16,17,19,20,22). The molecule has 110 valence electrons. The number of urea groups is 1. The highest BCUT2D eigenvalue weighted by Gasteiger charge is 2.06. The number of aromatic nitrogens is 4. The van der Waals surface area contributed by atoms with Crippen molar-refractivity contribution in [3.05, 3.63) is 60.9 Å². The first-order valence-corrected chi connectivity index (χ1v) is 6.36. The van der Waals surface area contributed by atoms with Crippen LogP contribution in [0.5, 0.6) is 0 Å². The average molecular weight is 298 g/mol. The molecule has 3 rings (SSSR count). The molecule has 0 aliphatic rings. The number of rotatable bonds is 3. The maximum absolute atomic E-state index is 13.1. The van der Waals surface area contributed by atoms with Crippen LogP contribution in [0.2, 0.25) is 0 Å². The molecule has 0 saturated heterocycles. The number of hydrogen-bond donors (Lipinski definition) is 2. The molecule has 0 spiro atoms. The summed E-state index contributed by atoms with van der Waals surface area (Å²) in [6.07, 6.45) is 4.65. The second-order valence-corrected chi connectivity index (χ2v) is 4.30. The van der Waals surface area contributed by atoms with E-state index in [1.165, 1.54) is 29.2 Å². The average Bonchev–Trinajstić information content (AvgIpc) is 3.01. The number of nitrogens with one attached hydrogen (secondary N) is 2. The van der Waals surface area contributed by atoms with Crippen LogP contribution in [-0.4, -0.2) is 25.8 Å². The molecule has 2 N–H and O–H groups in total. The number of amides is 2. The van der Waals surface area contributed by atoms with Crippen molar-refractivity contribution in [1.29, 1.82) is 0 Å². The Morgan fingerprint density at radius 3 is 2.82 bits per heavy atom. The van der Waals surface area contributed by atoms with Gasteiger partial charge in [-0.2, -0.15) is 5.10 Å². The predicted molar refractivity (Wildman–Crippen MR) is 78.2 cm³/mol. The second-order valence-electron chi connectivity index (χ2n) is 4.30. The van der Waals surface area contributed by atoms with Gasteiger partial charge in [0.25, 0.3) is 0 Å². The lowest BCUT2D eigenvalue weighted by Gasteiger charge is -2.08.